The molecule has 1 unspecified atom stereocenters. The largest absolute Gasteiger partial charge is 0.370 e. The average Bonchev–Trinajstić information content (AvgIpc) is 2.83. The molecule has 1 aromatic rings. The normalized spacial score (nSPS) is 21.6. The van der Waals surface area contributed by atoms with Gasteiger partial charge in [-0.05, 0) is 26.7 Å². The van der Waals surface area contributed by atoms with Crippen LogP contribution >= 0.6 is 0 Å². The van der Waals surface area contributed by atoms with Gasteiger partial charge in [-0.25, -0.2) is 9.97 Å². The Hall–Kier alpha value is -1.85. The van der Waals surface area contributed by atoms with Gasteiger partial charge in [0.15, 0.2) is 0 Å². The highest BCUT2D eigenvalue weighted by Gasteiger charge is 2.39. The van der Waals surface area contributed by atoms with Crippen molar-refractivity contribution in [2.45, 2.75) is 40.0 Å². The van der Waals surface area contributed by atoms with Crippen LogP contribution in [0.3, 0.4) is 0 Å². The molecule has 1 aliphatic rings. The van der Waals surface area contributed by atoms with E-state index in [2.05, 4.69) is 27.1 Å². The third-order valence-electron chi connectivity index (χ3n) is 3.98. The van der Waals surface area contributed by atoms with Gasteiger partial charge in [-0.1, -0.05) is 6.92 Å². The molecule has 2 rings (SSSR count). The number of nitrogens with two attached hydrogens (primary N) is 1. The lowest BCUT2D eigenvalue weighted by atomic mass is 9.89. The lowest BCUT2D eigenvalue weighted by molar-refractivity contribution is -0.125. The van der Waals surface area contributed by atoms with Gasteiger partial charge < -0.3 is 16.0 Å². The van der Waals surface area contributed by atoms with E-state index in [0.29, 0.717) is 6.54 Å². The Kier molecular flexibility index (Phi) is 4.65. The zero-order valence-corrected chi connectivity index (χ0v) is 13.1. The first kappa shape index (κ1) is 15.5. The van der Waals surface area contributed by atoms with E-state index in [1.54, 1.807) is 0 Å². The molecule has 116 valence electrons. The average molecular weight is 291 g/mol. The highest BCUT2D eigenvalue weighted by molar-refractivity contribution is 5.82. The molecule has 6 nitrogen and oxygen atoms in total. The summed E-state index contributed by atoms with van der Waals surface area (Å²) in [6.07, 6.45) is 2.63. The minimum absolute atomic E-state index is 0.236. The highest BCUT2D eigenvalue weighted by atomic mass is 16.1. The molecule has 1 aliphatic heterocycles. The minimum Gasteiger partial charge on any atom is -0.370 e. The Bertz CT molecular complexity index is 495. The molecule has 1 atom stereocenters. The van der Waals surface area contributed by atoms with Gasteiger partial charge >= 0.3 is 0 Å². The summed E-state index contributed by atoms with van der Waals surface area (Å²) in [6.45, 7) is 8.32. The van der Waals surface area contributed by atoms with Crippen LogP contribution in [-0.2, 0) is 11.2 Å². The predicted molar refractivity (Wildman–Crippen MR) is 84.3 cm³/mol. The van der Waals surface area contributed by atoms with E-state index in [-0.39, 0.29) is 5.91 Å². The van der Waals surface area contributed by atoms with E-state index in [1.807, 2.05) is 19.9 Å². The Morgan fingerprint density at radius 1 is 1.48 bits per heavy atom. The van der Waals surface area contributed by atoms with Crippen LogP contribution in [0, 0.1) is 5.41 Å². The summed E-state index contributed by atoms with van der Waals surface area (Å²) >= 11 is 0. The molecule has 6 heteroatoms. The standard InChI is InChI=1S/C15H25N5O/c1-4-6-11-18-12(17-5-2)9-13(19-11)20-8-7-15(3,10-20)14(16)21/h9H,4-8,10H2,1-3H3,(H2,16,21)(H,17,18,19). The van der Waals surface area contributed by atoms with E-state index in [0.717, 1.165) is 49.8 Å². The Labute approximate surface area is 126 Å². The topological polar surface area (TPSA) is 84.1 Å². The second-order valence-electron chi connectivity index (χ2n) is 5.90. The zero-order chi connectivity index (χ0) is 15.5. The molecule has 0 spiro atoms. The number of aromatic nitrogens is 2. The van der Waals surface area contributed by atoms with Crippen molar-refractivity contribution in [3.63, 3.8) is 0 Å². The number of hydrogen-bond acceptors (Lipinski definition) is 5. The van der Waals surface area contributed by atoms with Crippen LogP contribution in [0.5, 0.6) is 0 Å². The fourth-order valence-electron chi connectivity index (χ4n) is 2.61. The molecule has 1 aromatic heterocycles. The van der Waals surface area contributed by atoms with Crippen molar-refractivity contribution in [3.8, 4) is 0 Å². The quantitative estimate of drug-likeness (QED) is 0.831. The molecule has 1 fully saturated rings. The summed E-state index contributed by atoms with van der Waals surface area (Å²) < 4.78 is 0. The zero-order valence-electron chi connectivity index (χ0n) is 13.1. The first-order valence-corrected chi connectivity index (χ1v) is 7.65. The van der Waals surface area contributed by atoms with Gasteiger partial charge in [0.2, 0.25) is 5.91 Å². The maximum atomic E-state index is 11.6. The van der Waals surface area contributed by atoms with Crippen LogP contribution in [0.15, 0.2) is 6.07 Å². The third kappa shape index (κ3) is 3.43. The SMILES string of the molecule is CCCc1nc(NCC)cc(N2CCC(C)(C(N)=O)C2)n1. The van der Waals surface area contributed by atoms with Crippen LogP contribution in [0.4, 0.5) is 11.6 Å². The fourth-order valence-corrected chi connectivity index (χ4v) is 2.61. The van der Waals surface area contributed by atoms with E-state index in [4.69, 9.17) is 5.73 Å². The molecular formula is C15H25N5O. The number of hydrogen-bond donors (Lipinski definition) is 2. The molecule has 3 N–H and O–H groups in total. The number of nitrogens with one attached hydrogen (secondary N) is 1. The smallest absolute Gasteiger partial charge is 0.225 e. The molecule has 21 heavy (non-hydrogen) atoms. The van der Waals surface area contributed by atoms with E-state index in [9.17, 15) is 4.79 Å². The summed E-state index contributed by atoms with van der Waals surface area (Å²) in [4.78, 5) is 22.9. The molecule has 0 aliphatic carbocycles. The van der Waals surface area contributed by atoms with Crippen LogP contribution in [-0.4, -0.2) is 35.5 Å². The first-order valence-electron chi connectivity index (χ1n) is 7.65. The summed E-state index contributed by atoms with van der Waals surface area (Å²) in [6, 6.07) is 1.95. The van der Waals surface area contributed by atoms with Crippen molar-refractivity contribution >= 4 is 17.5 Å². The van der Waals surface area contributed by atoms with Gasteiger partial charge in [0.05, 0.1) is 5.41 Å². The lowest BCUT2D eigenvalue weighted by Gasteiger charge is -2.22. The first-order chi connectivity index (χ1) is 9.98. The Morgan fingerprint density at radius 3 is 2.81 bits per heavy atom. The van der Waals surface area contributed by atoms with Gasteiger partial charge in [-0.15, -0.1) is 0 Å². The maximum Gasteiger partial charge on any atom is 0.225 e. The summed E-state index contributed by atoms with van der Waals surface area (Å²) in [7, 11) is 0. The highest BCUT2D eigenvalue weighted by Crippen LogP contribution is 2.32. The molecule has 0 saturated carbocycles. The second kappa shape index (κ2) is 6.28. The third-order valence-corrected chi connectivity index (χ3v) is 3.98. The van der Waals surface area contributed by atoms with Crippen molar-refractivity contribution in [1.82, 2.24) is 9.97 Å². The molecule has 0 aromatic carbocycles. The monoisotopic (exact) mass is 291 g/mol. The van der Waals surface area contributed by atoms with Crippen LogP contribution < -0.4 is 16.0 Å². The van der Waals surface area contributed by atoms with E-state index in [1.165, 1.54) is 0 Å². The van der Waals surface area contributed by atoms with E-state index < -0.39 is 5.41 Å². The van der Waals surface area contributed by atoms with Crippen LogP contribution in [0.25, 0.3) is 0 Å². The fraction of sp³-hybridized carbons (Fsp3) is 0.667. The molecule has 1 amide bonds. The summed E-state index contributed by atoms with van der Waals surface area (Å²) in [5.41, 5.74) is 5.05. The van der Waals surface area contributed by atoms with E-state index >= 15 is 0 Å². The number of amides is 1. The number of anilines is 2. The van der Waals surface area contributed by atoms with Crippen LogP contribution in [0.1, 0.15) is 39.4 Å². The number of carbonyl (C=O) groups excluding carboxylic acids is 1. The number of carbonyl (C=O) groups is 1. The van der Waals surface area contributed by atoms with Crippen molar-refractivity contribution in [3.05, 3.63) is 11.9 Å². The number of rotatable bonds is 6. The van der Waals surface area contributed by atoms with Crippen molar-refractivity contribution in [1.29, 1.82) is 0 Å². The number of aryl methyl sites for hydroxylation is 1. The van der Waals surface area contributed by atoms with Crippen molar-refractivity contribution < 1.29 is 4.79 Å². The van der Waals surface area contributed by atoms with Crippen LogP contribution in [0.2, 0.25) is 0 Å². The summed E-state index contributed by atoms with van der Waals surface area (Å²) in [5, 5.41) is 3.24. The van der Waals surface area contributed by atoms with Gasteiger partial charge in [-0.2, -0.15) is 0 Å². The number of nitrogens with zero attached hydrogens (tertiary/aromatic N) is 3. The van der Waals surface area contributed by atoms with Gasteiger partial charge in [0, 0.05) is 32.1 Å². The molecule has 2 heterocycles. The molecule has 0 radical (unpaired) electrons. The van der Waals surface area contributed by atoms with Gasteiger partial charge in [-0.3, -0.25) is 4.79 Å². The Balaban J connectivity index is 2.24. The molecule has 0 bridgehead atoms. The number of primary amides is 1. The van der Waals surface area contributed by atoms with Crippen molar-refractivity contribution in [2.75, 3.05) is 29.9 Å². The second-order valence-corrected chi connectivity index (χ2v) is 5.90. The molecular weight excluding hydrogens is 266 g/mol. The Morgan fingerprint density at radius 2 is 2.24 bits per heavy atom. The summed E-state index contributed by atoms with van der Waals surface area (Å²) in [5.74, 6) is 2.34. The lowest BCUT2D eigenvalue weighted by Crippen LogP contribution is -2.37. The predicted octanol–water partition coefficient (Wildman–Crippen LogP) is 1.56. The minimum atomic E-state index is -0.464. The molecule has 1 saturated heterocycles. The maximum absolute atomic E-state index is 11.6. The van der Waals surface area contributed by atoms with Crippen molar-refractivity contribution in [2.24, 2.45) is 11.1 Å². The van der Waals surface area contributed by atoms with Gasteiger partial charge in [0.25, 0.3) is 0 Å². The van der Waals surface area contributed by atoms with Gasteiger partial charge in [0.1, 0.15) is 17.5 Å².